The van der Waals surface area contributed by atoms with E-state index in [1.54, 1.807) is 0 Å². The number of rotatable bonds is 1. The summed E-state index contributed by atoms with van der Waals surface area (Å²) in [6, 6.07) is 5.88. The minimum Gasteiger partial charge on any atom is -0.387 e. The monoisotopic (exact) mass is 211 g/mol. The van der Waals surface area contributed by atoms with Gasteiger partial charge in [-0.1, -0.05) is 17.7 Å². The number of halogens is 1. The molecule has 2 unspecified atom stereocenters. The third-order valence-corrected chi connectivity index (χ3v) is 3.14. The van der Waals surface area contributed by atoms with Crippen molar-refractivity contribution < 1.29 is 5.11 Å². The van der Waals surface area contributed by atoms with Crippen LogP contribution in [0.2, 0.25) is 5.02 Å². The van der Waals surface area contributed by atoms with Gasteiger partial charge >= 0.3 is 0 Å². The summed E-state index contributed by atoms with van der Waals surface area (Å²) in [6.45, 7) is 0. The van der Waals surface area contributed by atoms with Crippen LogP contribution in [0.15, 0.2) is 18.2 Å². The van der Waals surface area contributed by atoms with E-state index in [1.165, 1.54) is 5.56 Å². The summed E-state index contributed by atoms with van der Waals surface area (Å²) in [5, 5.41) is 13.9. The van der Waals surface area contributed by atoms with Gasteiger partial charge in [-0.3, -0.25) is 0 Å². The van der Waals surface area contributed by atoms with Gasteiger partial charge in [-0.25, -0.2) is 0 Å². The number of likely N-dealkylation sites (N-methyl/N-ethyl adjacent to an activating group) is 1. The highest BCUT2D eigenvalue weighted by Crippen LogP contribution is 2.31. The Morgan fingerprint density at radius 1 is 1.50 bits per heavy atom. The number of aliphatic hydroxyl groups is 1. The molecule has 0 radical (unpaired) electrons. The number of nitrogens with one attached hydrogen (secondary N) is 1. The second kappa shape index (κ2) is 3.89. The summed E-state index contributed by atoms with van der Waals surface area (Å²) in [5.41, 5.74) is 2.19. The number of hydrogen-bond acceptors (Lipinski definition) is 2. The van der Waals surface area contributed by atoms with Crippen molar-refractivity contribution in [3.8, 4) is 0 Å². The number of aryl methyl sites for hydroxylation is 1. The lowest BCUT2D eigenvalue weighted by Gasteiger charge is -2.29. The first kappa shape index (κ1) is 9.97. The van der Waals surface area contributed by atoms with E-state index in [2.05, 4.69) is 5.32 Å². The molecular weight excluding hydrogens is 198 g/mol. The van der Waals surface area contributed by atoms with Crippen LogP contribution in [0.3, 0.4) is 0 Å². The van der Waals surface area contributed by atoms with E-state index >= 15 is 0 Å². The molecule has 0 aliphatic heterocycles. The van der Waals surface area contributed by atoms with Crippen LogP contribution in [0.1, 0.15) is 23.7 Å². The highest BCUT2D eigenvalue weighted by Gasteiger charge is 2.26. The SMILES string of the molecule is CNC1CCc2cc(Cl)ccc2C1O. The average molecular weight is 212 g/mol. The molecule has 14 heavy (non-hydrogen) atoms. The molecule has 2 atom stereocenters. The Hall–Kier alpha value is -0.570. The first-order chi connectivity index (χ1) is 6.72. The molecule has 3 heteroatoms. The van der Waals surface area contributed by atoms with Gasteiger partial charge in [0.1, 0.15) is 0 Å². The van der Waals surface area contributed by atoms with Gasteiger partial charge < -0.3 is 10.4 Å². The Bertz CT molecular complexity index is 340. The predicted molar refractivity (Wildman–Crippen MR) is 57.6 cm³/mol. The Morgan fingerprint density at radius 2 is 2.29 bits per heavy atom. The lowest BCUT2D eigenvalue weighted by atomic mass is 9.86. The molecule has 1 aromatic carbocycles. The normalized spacial score (nSPS) is 25.9. The van der Waals surface area contributed by atoms with E-state index in [9.17, 15) is 5.11 Å². The smallest absolute Gasteiger partial charge is 0.0945 e. The van der Waals surface area contributed by atoms with Gasteiger partial charge in [-0.05, 0) is 43.1 Å². The van der Waals surface area contributed by atoms with Crippen LogP contribution in [-0.2, 0) is 6.42 Å². The molecule has 1 aliphatic carbocycles. The molecule has 2 rings (SSSR count). The van der Waals surface area contributed by atoms with Crippen molar-refractivity contribution >= 4 is 11.6 Å². The fourth-order valence-corrected chi connectivity index (χ4v) is 2.26. The van der Waals surface area contributed by atoms with E-state index in [0.29, 0.717) is 0 Å². The summed E-state index contributed by atoms with van der Waals surface area (Å²) in [6.07, 6.45) is 1.55. The van der Waals surface area contributed by atoms with E-state index < -0.39 is 6.10 Å². The van der Waals surface area contributed by atoms with Crippen LogP contribution in [0.5, 0.6) is 0 Å². The van der Waals surface area contributed by atoms with Crippen LogP contribution < -0.4 is 5.32 Å². The van der Waals surface area contributed by atoms with Crippen molar-refractivity contribution in [1.29, 1.82) is 0 Å². The quantitative estimate of drug-likeness (QED) is 0.744. The zero-order valence-corrected chi connectivity index (χ0v) is 8.88. The second-order valence-electron chi connectivity index (χ2n) is 3.72. The zero-order valence-electron chi connectivity index (χ0n) is 8.13. The molecular formula is C11H14ClNO. The van der Waals surface area contributed by atoms with E-state index in [0.717, 1.165) is 23.4 Å². The fraction of sp³-hybridized carbons (Fsp3) is 0.455. The van der Waals surface area contributed by atoms with Crippen LogP contribution in [0.25, 0.3) is 0 Å². The van der Waals surface area contributed by atoms with E-state index in [-0.39, 0.29) is 6.04 Å². The van der Waals surface area contributed by atoms with Gasteiger partial charge in [0.05, 0.1) is 6.10 Å². The van der Waals surface area contributed by atoms with Crippen LogP contribution in [0, 0.1) is 0 Å². The van der Waals surface area contributed by atoms with Crippen molar-refractivity contribution in [3.63, 3.8) is 0 Å². The number of fused-ring (bicyclic) bond motifs is 1. The molecule has 0 bridgehead atoms. The molecule has 0 spiro atoms. The molecule has 0 fully saturated rings. The van der Waals surface area contributed by atoms with Crippen molar-refractivity contribution in [1.82, 2.24) is 5.32 Å². The highest BCUT2D eigenvalue weighted by molar-refractivity contribution is 6.30. The zero-order chi connectivity index (χ0) is 10.1. The Labute approximate surface area is 88.9 Å². The van der Waals surface area contributed by atoms with Crippen molar-refractivity contribution in [3.05, 3.63) is 34.3 Å². The van der Waals surface area contributed by atoms with Crippen LogP contribution in [0.4, 0.5) is 0 Å². The minimum absolute atomic E-state index is 0.170. The maximum atomic E-state index is 10.0. The Morgan fingerprint density at radius 3 is 3.00 bits per heavy atom. The van der Waals surface area contributed by atoms with Gasteiger partial charge in [0, 0.05) is 11.1 Å². The maximum absolute atomic E-state index is 10.0. The lowest BCUT2D eigenvalue weighted by molar-refractivity contribution is 0.119. The molecule has 0 saturated carbocycles. The molecule has 2 N–H and O–H groups in total. The molecule has 0 heterocycles. The van der Waals surface area contributed by atoms with Gasteiger partial charge in [0.15, 0.2) is 0 Å². The molecule has 0 saturated heterocycles. The average Bonchev–Trinajstić information content (AvgIpc) is 2.18. The van der Waals surface area contributed by atoms with Gasteiger partial charge in [-0.15, -0.1) is 0 Å². The van der Waals surface area contributed by atoms with Crippen molar-refractivity contribution in [2.45, 2.75) is 25.0 Å². The Kier molecular flexibility index (Phi) is 2.77. The van der Waals surface area contributed by atoms with Crippen molar-refractivity contribution in [2.75, 3.05) is 7.05 Å². The van der Waals surface area contributed by atoms with E-state index in [4.69, 9.17) is 11.6 Å². The summed E-state index contributed by atoms with van der Waals surface area (Å²) in [4.78, 5) is 0. The number of hydrogen-bond donors (Lipinski definition) is 2. The third-order valence-electron chi connectivity index (χ3n) is 2.90. The summed E-state index contributed by atoms with van der Waals surface area (Å²) in [7, 11) is 1.88. The first-order valence-corrected chi connectivity index (χ1v) is 5.24. The van der Waals surface area contributed by atoms with E-state index in [1.807, 2.05) is 25.2 Å². The van der Waals surface area contributed by atoms with Crippen LogP contribution in [-0.4, -0.2) is 18.2 Å². The molecule has 76 valence electrons. The topological polar surface area (TPSA) is 32.3 Å². The summed E-state index contributed by atoms with van der Waals surface area (Å²) >= 11 is 5.90. The maximum Gasteiger partial charge on any atom is 0.0945 e. The first-order valence-electron chi connectivity index (χ1n) is 4.86. The summed E-state index contributed by atoms with van der Waals surface area (Å²) < 4.78 is 0. The van der Waals surface area contributed by atoms with Gasteiger partial charge in [0.2, 0.25) is 0 Å². The third kappa shape index (κ3) is 1.65. The second-order valence-corrected chi connectivity index (χ2v) is 4.16. The van der Waals surface area contributed by atoms with Gasteiger partial charge in [-0.2, -0.15) is 0 Å². The minimum atomic E-state index is -0.402. The molecule has 1 aromatic rings. The van der Waals surface area contributed by atoms with Crippen LogP contribution >= 0.6 is 11.6 Å². The predicted octanol–water partition coefficient (Wildman–Crippen LogP) is 1.91. The number of aliphatic hydroxyl groups excluding tert-OH is 1. The standard InChI is InChI=1S/C11H14ClNO/c1-13-10-5-2-7-6-8(12)3-4-9(7)11(10)14/h3-4,6,10-11,13-14H,2,5H2,1H3. The highest BCUT2D eigenvalue weighted by atomic mass is 35.5. The molecule has 0 aromatic heterocycles. The molecule has 1 aliphatic rings. The fourth-order valence-electron chi connectivity index (χ4n) is 2.07. The largest absolute Gasteiger partial charge is 0.387 e. The molecule has 2 nitrogen and oxygen atoms in total. The Balaban J connectivity index is 2.36. The molecule has 0 amide bonds. The lowest BCUT2D eigenvalue weighted by Crippen LogP contribution is -2.35. The summed E-state index contributed by atoms with van der Waals surface area (Å²) in [5.74, 6) is 0. The van der Waals surface area contributed by atoms with Gasteiger partial charge in [0.25, 0.3) is 0 Å². The number of benzene rings is 1. The van der Waals surface area contributed by atoms with Crippen molar-refractivity contribution in [2.24, 2.45) is 0 Å².